The summed E-state index contributed by atoms with van der Waals surface area (Å²) < 4.78 is 7.43. The van der Waals surface area contributed by atoms with Gasteiger partial charge in [0.25, 0.3) is 0 Å². The molecule has 0 saturated carbocycles. The van der Waals surface area contributed by atoms with Gasteiger partial charge in [-0.3, -0.25) is 4.68 Å². The van der Waals surface area contributed by atoms with E-state index in [-0.39, 0.29) is 6.04 Å². The molecule has 1 N–H and O–H groups in total. The molecule has 0 aliphatic carbocycles. The molecule has 0 bridgehead atoms. The fourth-order valence-corrected chi connectivity index (χ4v) is 1.62. The van der Waals surface area contributed by atoms with Gasteiger partial charge < -0.3 is 9.73 Å². The first-order valence-corrected chi connectivity index (χ1v) is 5.43. The zero-order valence-corrected chi connectivity index (χ0v) is 9.90. The smallest absolute Gasteiger partial charge is 0.120 e. The lowest BCUT2D eigenvalue weighted by molar-refractivity contribution is 0.412. The van der Waals surface area contributed by atoms with Crippen molar-refractivity contribution in [1.29, 1.82) is 0 Å². The van der Waals surface area contributed by atoms with Crippen molar-refractivity contribution in [3.63, 3.8) is 0 Å². The normalized spacial score (nSPS) is 12.9. The highest BCUT2D eigenvalue weighted by molar-refractivity contribution is 5.09. The molecular weight excluding hydrogens is 202 g/mol. The molecule has 4 nitrogen and oxygen atoms in total. The average molecular weight is 219 g/mol. The average Bonchev–Trinajstić information content (AvgIpc) is 2.84. The van der Waals surface area contributed by atoms with Crippen molar-refractivity contribution in [2.24, 2.45) is 7.05 Å². The van der Waals surface area contributed by atoms with Crippen molar-refractivity contribution < 1.29 is 4.42 Å². The van der Waals surface area contributed by atoms with Crippen LogP contribution in [0.1, 0.15) is 30.2 Å². The maximum absolute atomic E-state index is 5.56. The molecule has 0 fully saturated rings. The third-order valence-electron chi connectivity index (χ3n) is 2.70. The number of nitrogens with zero attached hydrogens (tertiary/aromatic N) is 2. The zero-order valence-electron chi connectivity index (χ0n) is 9.90. The minimum Gasteiger partial charge on any atom is -0.465 e. The van der Waals surface area contributed by atoms with Crippen LogP contribution < -0.4 is 5.32 Å². The van der Waals surface area contributed by atoms with Gasteiger partial charge in [-0.25, -0.2) is 0 Å². The molecule has 2 rings (SSSR count). The van der Waals surface area contributed by atoms with Crippen molar-refractivity contribution in [3.05, 3.63) is 41.6 Å². The highest BCUT2D eigenvalue weighted by atomic mass is 16.3. The molecule has 16 heavy (non-hydrogen) atoms. The van der Waals surface area contributed by atoms with Crippen molar-refractivity contribution in [3.8, 4) is 0 Å². The van der Waals surface area contributed by atoms with Crippen LogP contribution in [-0.4, -0.2) is 9.78 Å². The Kier molecular flexibility index (Phi) is 3.10. The molecule has 0 amide bonds. The first kappa shape index (κ1) is 11.0. The largest absolute Gasteiger partial charge is 0.465 e. The third kappa shape index (κ3) is 2.33. The van der Waals surface area contributed by atoms with Crippen LogP contribution in [0.25, 0.3) is 0 Å². The van der Waals surface area contributed by atoms with E-state index in [9.17, 15) is 0 Å². The highest BCUT2D eigenvalue weighted by Gasteiger charge is 2.09. The van der Waals surface area contributed by atoms with E-state index in [4.69, 9.17) is 4.42 Å². The minimum absolute atomic E-state index is 0.212. The Hall–Kier alpha value is -1.55. The van der Waals surface area contributed by atoms with Gasteiger partial charge in [0.2, 0.25) is 0 Å². The van der Waals surface area contributed by atoms with Crippen LogP contribution in [0.2, 0.25) is 0 Å². The van der Waals surface area contributed by atoms with Gasteiger partial charge in [0.15, 0.2) is 0 Å². The quantitative estimate of drug-likeness (QED) is 0.857. The highest BCUT2D eigenvalue weighted by Crippen LogP contribution is 2.15. The van der Waals surface area contributed by atoms with Gasteiger partial charge in [-0.2, -0.15) is 5.10 Å². The molecular formula is C12H17N3O. The Morgan fingerprint density at radius 2 is 2.25 bits per heavy atom. The lowest BCUT2D eigenvalue weighted by Gasteiger charge is -2.11. The fourth-order valence-electron chi connectivity index (χ4n) is 1.62. The third-order valence-corrected chi connectivity index (χ3v) is 2.70. The summed E-state index contributed by atoms with van der Waals surface area (Å²) in [7, 11) is 1.94. The number of rotatable bonds is 4. The molecule has 86 valence electrons. The molecule has 2 heterocycles. The van der Waals surface area contributed by atoms with Gasteiger partial charge in [0.1, 0.15) is 11.5 Å². The number of nitrogens with one attached hydrogen (secondary N) is 1. The van der Waals surface area contributed by atoms with Gasteiger partial charge in [-0.1, -0.05) is 0 Å². The lowest BCUT2D eigenvalue weighted by atomic mass is 10.2. The van der Waals surface area contributed by atoms with Crippen molar-refractivity contribution in [1.82, 2.24) is 15.1 Å². The molecule has 0 radical (unpaired) electrons. The van der Waals surface area contributed by atoms with Crippen LogP contribution in [0, 0.1) is 6.92 Å². The van der Waals surface area contributed by atoms with Crippen LogP contribution in [0.5, 0.6) is 0 Å². The van der Waals surface area contributed by atoms with E-state index in [0.717, 1.165) is 23.8 Å². The molecule has 1 atom stereocenters. The SMILES string of the molecule is Cc1ccc(C(C)NCc2ccnn2C)o1. The number of hydrogen-bond acceptors (Lipinski definition) is 3. The second-order valence-corrected chi connectivity index (χ2v) is 4.00. The maximum atomic E-state index is 5.56. The summed E-state index contributed by atoms with van der Waals surface area (Å²) in [6.45, 7) is 4.84. The zero-order chi connectivity index (χ0) is 11.5. The van der Waals surface area contributed by atoms with E-state index in [1.807, 2.05) is 36.9 Å². The van der Waals surface area contributed by atoms with E-state index in [1.54, 1.807) is 6.20 Å². The van der Waals surface area contributed by atoms with Crippen LogP contribution in [0.15, 0.2) is 28.8 Å². The van der Waals surface area contributed by atoms with Crippen molar-refractivity contribution >= 4 is 0 Å². The second-order valence-electron chi connectivity index (χ2n) is 4.00. The Balaban J connectivity index is 1.93. The van der Waals surface area contributed by atoms with Gasteiger partial charge >= 0.3 is 0 Å². The Labute approximate surface area is 95.3 Å². The predicted octanol–water partition coefficient (Wildman–Crippen LogP) is 2.17. The van der Waals surface area contributed by atoms with Crippen LogP contribution in [0.3, 0.4) is 0 Å². The molecule has 4 heteroatoms. The summed E-state index contributed by atoms with van der Waals surface area (Å²) in [5.74, 6) is 1.92. The van der Waals surface area contributed by atoms with Gasteiger partial charge in [0.05, 0.1) is 11.7 Å². The molecule has 1 unspecified atom stereocenters. The summed E-state index contributed by atoms with van der Waals surface area (Å²) in [4.78, 5) is 0. The fraction of sp³-hybridized carbons (Fsp3) is 0.417. The van der Waals surface area contributed by atoms with Gasteiger partial charge in [0, 0.05) is 19.8 Å². The standard InChI is InChI=1S/C12H17N3O/c1-9-4-5-12(16-9)10(2)13-8-11-6-7-14-15(11)3/h4-7,10,13H,8H2,1-3H3. The number of aromatic nitrogens is 2. The molecule has 0 spiro atoms. The summed E-state index contributed by atoms with van der Waals surface area (Å²) in [5.41, 5.74) is 1.16. The van der Waals surface area contributed by atoms with Crippen molar-refractivity contribution in [2.45, 2.75) is 26.4 Å². The molecule has 0 saturated heterocycles. The van der Waals surface area contributed by atoms with E-state index >= 15 is 0 Å². The second kappa shape index (κ2) is 4.53. The van der Waals surface area contributed by atoms with Crippen LogP contribution in [0.4, 0.5) is 0 Å². The van der Waals surface area contributed by atoms with Crippen LogP contribution >= 0.6 is 0 Å². The van der Waals surface area contributed by atoms with E-state index in [1.165, 1.54) is 0 Å². The number of aryl methyl sites for hydroxylation is 2. The monoisotopic (exact) mass is 219 g/mol. The first-order chi connectivity index (χ1) is 7.66. The molecule has 0 aromatic carbocycles. The maximum Gasteiger partial charge on any atom is 0.120 e. The minimum atomic E-state index is 0.212. The summed E-state index contributed by atoms with van der Waals surface area (Å²) in [5, 5.41) is 7.53. The summed E-state index contributed by atoms with van der Waals surface area (Å²) in [6, 6.07) is 6.21. The van der Waals surface area contributed by atoms with E-state index in [2.05, 4.69) is 17.3 Å². The lowest BCUT2D eigenvalue weighted by Crippen LogP contribution is -2.19. The number of hydrogen-bond donors (Lipinski definition) is 1. The van der Waals surface area contributed by atoms with E-state index < -0.39 is 0 Å². The summed E-state index contributed by atoms with van der Waals surface area (Å²) in [6.07, 6.45) is 1.80. The van der Waals surface area contributed by atoms with Crippen molar-refractivity contribution in [2.75, 3.05) is 0 Å². The van der Waals surface area contributed by atoms with E-state index in [0.29, 0.717) is 0 Å². The Morgan fingerprint density at radius 3 is 2.81 bits per heavy atom. The predicted molar refractivity (Wildman–Crippen MR) is 61.9 cm³/mol. The summed E-state index contributed by atoms with van der Waals surface area (Å²) >= 11 is 0. The topological polar surface area (TPSA) is 43.0 Å². The van der Waals surface area contributed by atoms with Gasteiger partial charge in [-0.05, 0) is 32.0 Å². The van der Waals surface area contributed by atoms with Gasteiger partial charge in [-0.15, -0.1) is 0 Å². The number of furan rings is 1. The Morgan fingerprint density at radius 1 is 1.44 bits per heavy atom. The molecule has 2 aromatic heterocycles. The first-order valence-electron chi connectivity index (χ1n) is 5.43. The molecule has 0 aliphatic rings. The Bertz CT molecular complexity index is 458. The van der Waals surface area contributed by atoms with Crippen LogP contribution in [-0.2, 0) is 13.6 Å². The molecule has 2 aromatic rings. The molecule has 0 aliphatic heterocycles.